The average Bonchev–Trinajstić information content (AvgIpc) is 3.80. The number of rotatable bonds is 9. The summed E-state index contributed by atoms with van der Waals surface area (Å²) in [7, 11) is 0.379. The highest BCUT2D eigenvalue weighted by molar-refractivity contribution is 7.89. The molecular formula is C30H39N9O4S. The normalized spacial score (nSPS) is 18.8. The van der Waals surface area contributed by atoms with Crippen molar-refractivity contribution in [2.75, 3.05) is 48.5 Å². The predicted molar refractivity (Wildman–Crippen MR) is 168 cm³/mol. The Kier molecular flexibility index (Phi) is 8.05. The van der Waals surface area contributed by atoms with Gasteiger partial charge in [0.15, 0.2) is 11.5 Å². The van der Waals surface area contributed by atoms with Crippen LogP contribution in [0.25, 0.3) is 11.1 Å². The van der Waals surface area contributed by atoms with E-state index in [-0.39, 0.29) is 41.2 Å². The molecule has 44 heavy (non-hydrogen) atoms. The third kappa shape index (κ3) is 5.40. The standard InChI is InChI=1S/C30H39N9O4S/c1-5-24-28-21(17-32-39(28)19-12-14-38(15-13-19)44(42,43)6-2)20-8-7-9-22(27(20)37(24)4)33-23-16-25(34-29(40)18-10-11-18)35-36-26(23)30(41)31-3/h7-9,16-19,24H,5-6,10-15H2,1-4H3,(H,31,41)(H2,33,34,35,40)/t24-/m0/s1. The first-order valence-electron chi connectivity index (χ1n) is 15.3. The van der Waals surface area contributed by atoms with Crippen molar-refractivity contribution >= 4 is 44.7 Å². The average molecular weight is 622 g/mol. The number of para-hydroxylation sites is 1. The smallest absolute Gasteiger partial charge is 0.273 e. The monoisotopic (exact) mass is 621 g/mol. The van der Waals surface area contributed by atoms with Crippen LogP contribution in [0.4, 0.5) is 22.9 Å². The molecule has 6 rings (SSSR count). The Balaban J connectivity index is 1.35. The molecule has 2 fully saturated rings. The summed E-state index contributed by atoms with van der Waals surface area (Å²) in [5.41, 5.74) is 5.43. The summed E-state index contributed by atoms with van der Waals surface area (Å²) in [5, 5.41) is 22.0. The molecule has 13 nitrogen and oxygen atoms in total. The summed E-state index contributed by atoms with van der Waals surface area (Å²) in [4.78, 5) is 27.4. The van der Waals surface area contributed by atoms with E-state index in [0.29, 0.717) is 31.6 Å². The molecule has 1 aromatic carbocycles. The topological polar surface area (TPSA) is 154 Å². The van der Waals surface area contributed by atoms with Gasteiger partial charge in [-0.1, -0.05) is 19.1 Å². The van der Waals surface area contributed by atoms with Crippen LogP contribution in [-0.4, -0.2) is 77.5 Å². The van der Waals surface area contributed by atoms with Crippen LogP contribution in [-0.2, 0) is 14.8 Å². The summed E-state index contributed by atoms with van der Waals surface area (Å²) < 4.78 is 28.6. The van der Waals surface area contributed by atoms with Gasteiger partial charge in [-0.15, -0.1) is 10.2 Å². The summed E-state index contributed by atoms with van der Waals surface area (Å²) in [5.74, 6) is -0.0993. The van der Waals surface area contributed by atoms with E-state index in [4.69, 9.17) is 5.10 Å². The van der Waals surface area contributed by atoms with Crippen LogP contribution in [0.1, 0.15) is 74.2 Å². The zero-order valence-corrected chi connectivity index (χ0v) is 26.3. The van der Waals surface area contributed by atoms with E-state index in [1.807, 2.05) is 18.3 Å². The maximum atomic E-state index is 12.7. The number of aromatic nitrogens is 4. The van der Waals surface area contributed by atoms with Gasteiger partial charge in [-0.05, 0) is 45.1 Å². The highest BCUT2D eigenvalue weighted by Gasteiger charge is 2.37. The first-order valence-corrected chi connectivity index (χ1v) is 16.9. The largest absolute Gasteiger partial charge is 0.364 e. The molecule has 1 saturated carbocycles. The first kappa shape index (κ1) is 30.0. The minimum atomic E-state index is -3.21. The molecule has 3 aliphatic rings. The molecule has 2 aromatic heterocycles. The number of nitrogens with zero attached hydrogens (tertiary/aromatic N) is 6. The fourth-order valence-electron chi connectivity index (χ4n) is 6.35. The fraction of sp³-hybridized carbons (Fsp3) is 0.500. The Morgan fingerprint density at radius 1 is 1.02 bits per heavy atom. The second-order valence-electron chi connectivity index (χ2n) is 11.6. The van der Waals surface area contributed by atoms with Crippen LogP contribution in [0.5, 0.6) is 0 Å². The highest BCUT2D eigenvalue weighted by Crippen LogP contribution is 2.50. The van der Waals surface area contributed by atoms with Gasteiger partial charge >= 0.3 is 0 Å². The zero-order valence-electron chi connectivity index (χ0n) is 25.5. The Hall–Kier alpha value is -4.04. The van der Waals surface area contributed by atoms with Crippen molar-refractivity contribution in [2.45, 2.75) is 58.0 Å². The number of fused-ring (bicyclic) bond motifs is 3. The van der Waals surface area contributed by atoms with E-state index in [9.17, 15) is 18.0 Å². The molecule has 1 saturated heterocycles. The Bertz CT molecular complexity index is 1690. The number of hydrogen-bond donors (Lipinski definition) is 3. The summed E-state index contributed by atoms with van der Waals surface area (Å²) >= 11 is 0. The maximum Gasteiger partial charge on any atom is 0.273 e. The summed E-state index contributed by atoms with van der Waals surface area (Å²) in [6, 6.07) is 7.75. The van der Waals surface area contributed by atoms with Crippen molar-refractivity contribution in [2.24, 2.45) is 5.92 Å². The third-order valence-corrected chi connectivity index (χ3v) is 10.8. The van der Waals surface area contributed by atoms with Gasteiger partial charge in [0.2, 0.25) is 15.9 Å². The number of carbonyl (C=O) groups is 2. The van der Waals surface area contributed by atoms with Gasteiger partial charge in [-0.2, -0.15) is 5.10 Å². The van der Waals surface area contributed by atoms with E-state index in [1.165, 1.54) is 7.05 Å². The second kappa shape index (κ2) is 11.8. The molecule has 0 bridgehead atoms. The van der Waals surface area contributed by atoms with E-state index in [2.05, 4.69) is 55.8 Å². The molecule has 1 atom stereocenters. The lowest BCUT2D eigenvalue weighted by Gasteiger charge is -2.39. The molecule has 3 aromatic rings. The summed E-state index contributed by atoms with van der Waals surface area (Å²) in [6.07, 6.45) is 5.88. The number of nitrogens with one attached hydrogen (secondary N) is 3. The van der Waals surface area contributed by atoms with Crippen LogP contribution in [0.2, 0.25) is 0 Å². The minimum absolute atomic E-state index is 0.000339. The zero-order chi connectivity index (χ0) is 31.2. The highest BCUT2D eigenvalue weighted by atomic mass is 32.2. The first-order chi connectivity index (χ1) is 21.2. The SMILES string of the molecule is CC[C@H]1c2c(cnn2C2CCN(S(=O)(=O)CC)CC2)-c2cccc(Nc3cc(NC(=O)C4CC4)nnc3C(=O)NC)c2N1C. The molecule has 14 heteroatoms. The molecule has 2 amide bonds. The molecular weight excluding hydrogens is 582 g/mol. The molecule has 234 valence electrons. The van der Waals surface area contributed by atoms with Gasteiger partial charge in [0.05, 0.1) is 46.8 Å². The number of anilines is 4. The fourth-order valence-corrected chi connectivity index (χ4v) is 7.48. The Labute approximate surface area is 257 Å². The van der Waals surface area contributed by atoms with Crippen molar-refractivity contribution in [3.8, 4) is 11.1 Å². The van der Waals surface area contributed by atoms with E-state index in [0.717, 1.165) is 47.5 Å². The third-order valence-electron chi connectivity index (χ3n) is 8.92. The van der Waals surface area contributed by atoms with Crippen molar-refractivity contribution < 1.29 is 18.0 Å². The van der Waals surface area contributed by atoms with Gasteiger partial charge in [-0.25, -0.2) is 12.7 Å². The van der Waals surface area contributed by atoms with Crippen molar-refractivity contribution in [3.05, 3.63) is 41.9 Å². The molecule has 0 unspecified atom stereocenters. The quantitative estimate of drug-likeness (QED) is 0.325. The number of amides is 2. The lowest BCUT2D eigenvalue weighted by atomic mass is 9.91. The van der Waals surface area contributed by atoms with Gasteiger partial charge in [-0.3, -0.25) is 14.3 Å². The lowest BCUT2D eigenvalue weighted by Crippen LogP contribution is -2.40. The molecule has 3 N–H and O–H groups in total. The Morgan fingerprint density at radius 3 is 2.43 bits per heavy atom. The molecule has 2 aliphatic heterocycles. The van der Waals surface area contributed by atoms with Crippen LogP contribution in [0, 0.1) is 5.92 Å². The Morgan fingerprint density at radius 2 is 1.77 bits per heavy atom. The van der Waals surface area contributed by atoms with Crippen molar-refractivity contribution in [1.82, 2.24) is 29.6 Å². The number of piperidine rings is 1. The second-order valence-corrected chi connectivity index (χ2v) is 13.9. The van der Waals surface area contributed by atoms with Gasteiger partial charge < -0.3 is 20.9 Å². The predicted octanol–water partition coefficient (Wildman–Crippen LogP) is 3.68. The molecule has 4 heterocycles. The maximum absolute atomic E-state index is 12.7. The van der Waals surface area contributed by atoms with Gasteiger partial charge in [0.1, 0.15) is 0 Å². The van der Waals surface area contributed by atoms with Gasteiger partial charge in [0.25, 0.3) is 5.91 Å². The number of hydrogen-bond acceptors (Lipinski definition) is 9. The lowest BCUT2D eigenvalue weighted by molar-refractivity contribution is -0.117. The van der Waals surface area contributed by atoms with E-state index in [1.54, 1.807) is 17.3 Å². The number of sulfonamides is 1. The number of carbonyl (C=O) groups excluding carboxylic acids is 2. The molecule has 1 aliphatic carbocycles. The van der Waals surface area contributed by atoms with Crippen LogP contribution in [0.3, 0.4) is 0 Å². The molecule has 0 spiro atoms. The van der Waals surface area contributed by atoms with Crippen LogP contribution in [0.15, 0.2) is 30.5 Å². The van der Waals surface area contributed by atoms with Crippen molar-refractivity contribution in [3.63, 3.8) is 0 Å². The minimum Gasteiger partial charge on any atom is -0.364 e. The van der Waals surface area contributed by atoms with Crippen LogP contribution >= 0.6 is 0 Å². The van der Waals surface area contributed by atoms with Gasteiger partial charge in [0, 0.05) is 50.3 Å². The van der Waals surface area contributed by atoms with E-state index < -0.39 is 15.9 Å². The number of benzene rings is 1. The summed E-state index contributed by atoms with van der Waals surface area (Å²) in [6.45, 7) is 4.81. The van der Waals surface area contributed by atoms with Crippen molar-refractivity contribution in [1.29, 1.82) is 0 Å². The van der Waals surface area contributed by atoms with E-state index >= 15 is 0 Å². The van der Waals surface area contributed by atoms with Crippen LogP contribution < -0.4 is 20.9 Å². The molecule has 0 radical (unpaired) electrons.